The molecule has 1 aliphatic heterocycles. The van der Waals surface area contributed by atoms with Gasteiger partial charge < -0.3 is 19.5 Å². The molecule has 0 aromatic heterocycles. The molecule has 176 valence electrons. The second kappa shape index (κ2) is 9.84. The van der Waals surface area contributed by atoms with E-state index in [1.54, 1.807) is 48.5 Å². The minimum Gasteiger partial charge on any atom is -0.454 e. The van der Waals surface area contributed by atoms with Gasteiger partial charge in [0.15, 0.2) is 18.1 Å². The van der Waals surface area contributed by atoms with E-state index in [-0.39, 0.29) is 23.8 Å². The SMILES string of the molecule is CN(c1ccccc1)S(=O)(=O)c1ccccc1C(=O)OCC(=O)NCc1ccc2c(c1)OCO2. The predicted octanol–water partition coefficient (Wildman–Crippen LogP) is 2.71. The number of rotatable bonds is 8. The molecule has 4 rings (SSSR count). The molecule has 0 unspecified atom stereocenters. The lowest BCUT2D eigenvalue weighted by Gasteiger charge is -2.20. The van der Waals surface area contributed by atoms with Crippen molar-refractivity contribution < 1.29 is 32.2 Å². The summed E-state index contributed by atoms with van der Waals surface area (Å²) in [4.78, 5) is 24.6. The highest BCUT2D eigenvalue weighted by atomic mass is 32.2. The number of carbonyl (C=O) groups is 2. The molecular formula is C24H22N2O7S. The lowest BCUT2D eigenvalue weighted by atomic mass is 10.2. The Morgan fingerprint density at radius 2 is 1.68 bits per heavy atom. The zero-order valence-corrected chi connectivity index (χ0v) is 19.1. The summed E-state index contributed by atoms with van der Waals surface area (Å²) in [5, 5.41) is 2.64. The molecule has 9 nitrogen and oxygen atoms in total. The van der Waals surface area contributed by atoms with E-state index in [2.05, 4.69) is 5.32 Å². The van der Waals surface area contributed by atoms with Crippen molar-refractivity contribution in [2.75, 3.05) is 24.8 Å². The smallest absolute Gasteiger partial charge is 0.340 e. The molecule has 3 aromatic carbocycles. The third-order valence-corrected chi connectivity index (χ3v) is 6.97. The van der Waals surface area contributed by atoms with Gasteiger partial charge in [0, 0.05) is 13.6 Å². The first-order valence-corrected chi connectivity index (χ1v) is 11.8. The number of benzene rings is 3. The Morgan fingerprint density at radius 3 is 2.47 bits per heavy atom. The second-order valence-electron chi connectivity index (χ2n) is 7.34. The number of carbonyl (C=O) groups excluding carboxylic acids is 2. The average Bonchev–Trinajstić information content (AvgIpc) is 3.34. The highest BCUT2D eigenvalue weighted by Gasteiger charge is 2.27. The number of ether oxygens (including phenoxy) is 3. The number of hydrogen-bond donors (Lipinski definition) is 1. The zero-order valence-electron chi connectivity index (χ0n) is 18.3. The molecule has 0 radical (unpaired) electrons. The van der Waals surface area contributed by atoms with Gasteiger partial charge in [-0.2, -0.15) is 0 Å². The standard InChI is InChI=1S/C24H22N2O7S/c1-26(18-7-3-2-4-8-18)34(29,30)22-10-6-5-9-19(22)24(28)31-15-23(27)25-14-17-11-12-20-21(13-17)33-16-32-20/h2-13H,14-16H2,1H3,(H,25,27). The first-order chi connectivity index (χ1) is 16.4. The number of hydrogen-bond acceptors (Lipinski definition) is 7. The zero-order chi connectivity index (χ0) is 24.1. The Kier molecular flexibility index (Phi) is 6.69. The van der Waals surface area contributed by atoms with Crippen molar-refractivity contribution in [3.8, 4) is 11.5 Å². The van der Waals surface area contributed by atoms with Crippen LogP contribution in [-0.4, -0.2) is 40.7 Å². The van der Waals surface area contributed by atoms with E-state index in [0.29, 0.717) is 17.2 Å². The lowest BCUT2D eigenvalue weighted by molar-refractivity contribution is -0.124. The van der Waals surface area contributed by atoms with Gasteiger partial charge in [0.25, 0.3) is 15.9 Å². The molecule has 1 amide bonds. The highest BCUT2D eigenvalue weighted by Crippen LogP contribution is 2.32. The van der Waals surface area contributed by atoms with E-state index in [1.165, 1.54) is 31.3 Å². The van der Waals surface area contributed by atoms with Crippen LogP contribution >= 0.6 is 0 Å². The van der Waals surface area contributed by atoms with E-state index in [4.69, 9.17) is 14.2 Å². The van der Waals surface area contributed by atoms with E-state index >= 15 is 0 Å². The first-order valence-electron chi connectivity index (χ1n) is 10.3. The van der Waals surface area contributed by atoms with Crippen molar-refractivity contribution in [2.45, 2.75) is 11.4 Å². The maximum Gasteiger partial charge on any atom is 0.340 e. The molecule has 1 heterocycles. The van der Waals surface area contributed by atoms with E-state index in [1.807, 2.05) is 0 Å². The van der Waals surface area contributed by atoms with Crippen molar-refractivity contribution >= 4 is 27.6 Å². The topological polar surface area (TPSA) is 111 Å². The van der Waals surface area contributed by atoms with Crippen LogP contribution in [0.1, 0.15) is 15.9 Å². The summed E-state index contributed by atoms with van der Waals surface area (Å²) in [6.07, 6.45) is 0. The molecule has 0 spiro atoms. The molecule has 0 saturated heterocycles. The lowest BCUT2D eigenvalue weighted by Crippen LogP contribution is -2.30. The molecule has 0 bridgehead atoms. The molecule has 0 fully saturated rings. The normalized spacial score (nSPS) is 12.1. The minimum absolute atomic E-state index is 0.152. The van der Waals surface area contributed by atoms with Gasteiger partial charge in [-0.15, -0.1) is 0 Å². The van der Waals surface area contributed by atoms with Gasteiger partial charge in [0.2, 0.25) is 6.79 Å². The molecule has 10 heteroatoms. The van der Waals surface area contributed by atoms with Crippen LogP contribution in [-0.2, 0) is 26.1 Å². The number of fused-ring (bicyclic) bond motifs is 1. The summed E-state index contributed by atoms with van der Waals surface area (Å²) >= 11 is 0. The van der Waals surface area contributed by atoms with Crippen molar-refractivity contribution in [2.24, 2.45) is 0 Å². The molecule has 1 N–H and O–H groups in total. The van der Waals surface area contributed by atoms with Gasteiger partial charge >= 0.3 is 5.97 Å². The van der Waals surface area contributed by atoms with E-state index < -0.39 is 28.5 Å². The predicted molar refractivity (Wildman–Crippen MR) is 123 cm³/mol. The van der Waals surface area contributed by atoms with Crippen molar-refractivity contribution in [1.29, 1.82) is 0 Å². The molecule has 1 aliphatic rings. The van der Waals surface area contributed by atoms with Gasteiger partial charge in [-0.3, -0.25) is 9.10 Å². The quantitative estimate of drug-likeness (QED) is 0.492. The summed E-state index contributed by atoms with van der Waals surface area (Å²) in [6, 6.07) is 19.5. The van der Waals surface area contributed by atoms with Gasteiger partial charge in [-0.1, -0.05) is 36.4 Å². The molecular weight excluding hydrogens is 460 g/mol. The Morgan fingerprint density at radius 1 is 0.971 bits per heavy atom. The summed E-state index contributed by atoms with van der Waals surface area (Å²) in [5.41, 5.74) is 1.06. The van der Waals surface area contributed by atoms with Crippen molar-refractivity contribution in [3.05, 3.63) is 83.9 Å². The molecule has 3 aromatic rings. The van der Waals surface area contributed by atoms with Gasteiger partial charge in [0.05, 0.1) is 11.3 Å². The highest BCUT2D eigenvalue weighted by molar-refractivity contribution is 7.92. The molecule has 34 heavy (non-hydrogen) atoms. The second-order valence-corrected chi connectivity index (χ2v) is 9.28. The first kappa shape index (κ1) is 23.1. The maximum atomic E-state index is 13.2. The van der Waals surface area contributed by atoms with Crippen LogP contribution in [0.4, 0.5) is 5.69 Å². The minimum atomic E-state index is -4.05. The number of para-hydroxylation sites is 1. The molecule has 0 atom stereocenters. The number of amides is 1. The van der Waals surface area contributed by atoms with E-state index in [0.717, 1.165) is 9.87 Å². The number of nitrogens with zero attached hydrogens (tertiary/aromatic N) is 1. The Bertz CT molecular complexity index is 1310. The fourth-order valence-electron chi connectivity index (χ4n) is 3.30. The Labute approximate surface area is 196 Å². The molecule has 0 aliphatic carbocycles. The summed E-state index contributed by atoms with van der Waals surface area (Å²) in [5.74, 6) is -0.223. The van der Waals surface area contributed by atoms with Gasteiger partial charge in [0.1, 0.15) is 4.90 Å². The van der Waals surface area contributed by atoms with Gasteiger partial charge in [-0.25, -0.2) is 13.2 Å². The van der Waals surface area contributed by atoms with Crippen LogP contribution in [0.25, 0.3) is 0 Å². The van der Waals surface area contributed by atoms with Crippen LogP contribution in [0.2, 0.25) is 0 Å². The fraction of sp³-hybridized carbons (Fsp3) is 0.167. The number of nitrogens with one attached hydrogen (secondary N) is 1. The van der Waals surface area contributed by atoms with E-state index in [9.17, 15) is 18.0 Å². The Balaban J connectivity index is 1.39. The van der Waals surface area contributed by atoms with Crippen molar-refractivity contribution in [1.82, 2.24) is 5.32 Å². The van der Waals surface area contributed by atoms with Crippen LogP contribution in [0.3, 0.4) is 0 Å². The monoisotopic (exact) mass is 482 g/mol. The maximum absolute atomic E-state index is 13.2. The number of esters is 1. The molecule has 0 saturated carbocycles. The average molecular weight is 483 g/mol. The van der Waals surface area contributed by atoms with Crippen LogP contribution in [0.5, 0.6) is 11.5 Å². The Hall–Kier alpha value is -4.05. The summed E-state index contributed by atoms with van der Waals surface area (Å²) in [7, 11) is -2.65. The summed E-state index contributed by atoms with van der Waals surface area (Å²) in [6.45, 7) is -0.217. The van der Waals surface area contributed by atoms with Crippen molar-refractivity contribution in [3.63, 3.8) is 0 Å². The summed E-state index contributed by atoms with van der Waals surface area (Å²) < 4.78 is 43.0. The third kappa shape index (κ3) is 4.96. The van der Waals surface area contributed by atoms with Crippen LogP contribution < -0.4 is 19.1 Å². The van der Waals surface area contributed by atoms with Crippen LogP contribution in [0, 0.1) is 0 Å². The number of anilines is 1. The third-order valence-electron chi connectivity index (χ3n) is 5.13. The largest absolute Gasteiger partial charge is 0.454 e. The van der Waals surface area contributed by atoms with Crippen LogP contribution in [0.15, 0.2) is 77.7 Å². The van der Waals surface area contributed by atoms with Gasteiger partial charge in [-0.05, 0) is 42.0 Å². The fourth-order valence-corrected chi connectivity index (χ4v) is 4.67. The number of sulfonamides is 1.